The molecule has 0 spiro atoms. The molecule has 0 bridgehead atoms. The number of ketones is 1. The van der Waals surface area contributed by atoms with E-state index in [1.54, 1.807) is 5.56 Å². The molecule has 1 aliphatic heterocycles. The topological polar surface area (TPSA) is 23.6 Å². The van der Waals surface area contributed by atoms with Gasteiger partial charge in [0.25, 0.3) is 0 Å². The van der Waals surface area contributed by atoms with E-state index in [9.17, 15) is 4.79 Å². The minimum Gasteiger partial charge on any atom is -0.369 e. The molecule has 0 aromatic heterocycles. The summed E-state index contributed by atoms with van der Waals surface area (Å²) in [7, 11) is 0. The largest absolute Gasteiger partial charge is 0.369 e. The molecule has 2 aliphatic rings. The maximum absolute atomic E-state index is 11.7. The first-order valence-corrected chi connectivity index (χ1v) is 10.1. The molecule has 1 aromatic carbocycles. The molecule has 1 heterocycles. The summed E-state index contributed by atoms with van der Waals surface area (Å²) in [5, 5.41) is 0. The standard InChI is InChI=1S/C22H34N2O/c1-4-19(25)17-23-13-15-24(16-14-23)21-8-6-5-7-20(21)18-9-11-22(2,3)12-10-18/h5-8,18H,4,9-17H2,1-3H3. The molecule has 138 valence electrons. The van der Waals surface area contributed by atoms with Crippen molar-refractivity contribution in [1.29, 1.82) is 0 Å². The van der Waals surface area contributed by atoms with Crippen LogP contribution in [0.1, 0.15) is 64.4 Å². The zero-order chi connectivity index (χ0) is 17.9. The highest BCUT2D eigenvalue weighted by Gasteiger charge is 2.30. The van der Waals surface area contributed by atoms with E-state index in [-0.39, 0.29) is 0 Å². The molecule has 25 heavy (non-hydrogen) atoms. The maximum Gasteiger partial charge on any atom is 0.146 e. The van der Waals surface area contributed by atoms with Crippen LogP contribution in [0.2, 0.25) is 0 Å². The molecular weight excluding hydrogens is 308 g/mol. The summed E-state index contributed by atoms with van der Waals surface area (Å²) in [4.78, 5) is 16.5. The second-order valence-corrected chi connectivity index (χ2v) is 8.65. The molecule has 0 unspecified atom stereocenters. The quantitative estimate of drug-likeness (QED) is 0.789. The van der Waals surface area contributed by atoms with Crippen LogP contribution in [0.5, 0.6) is 0 Å². The van der Waals surface area contributed by atoms with E-state index in [0.717, 1.165) is 26.2 Å². The van der Waals surface area contributed by atoms with E-state index >= 15 is 0 Å². The van der Waals surface area contributed by atoms with Crippen LogP contribution in [-0.4, -0.2) is 43.4 Å². The molecule has 3 rings (SSSR count). The number of carbonyl (C=O) groups is 1. The lowest BCUT2D eigenvalue weighted by atomic mass is 9.71. The third-order valence-corrected chi connectivity index (χ3v) is 6.22. The molecule has 1 aromatic rings. The first kappa shape index (κ1) is 18.4. The molecule has 1 saturated heterocycles. The van der Waals surface area contributed by atoms with Crippen molar-refractivity contribution in [2.24, 2.45) is 5.41 Å². The Hall–Kier alpha value is -1.35. The SMILES string of the molecule is CCC(=O)CN1CCN(c2ccccc2C2CCC(C)(C)CC2)CC1. The monoisotopic (exact) mass is 342 g/mol. The summed E-state index contributed by atoms with van der Waals surface area (Å²) in [5.41, 5.74) is 3.51. The highest BCUT2D eigenvalue weighted by atomic mass is 16.1. The minimum atomic E-state index is 0.360. The fraction of sp³-hybridized carbons (Fsp3) is 0.682. The van der Waals surface area contributed by atoms with Gasteiger partial charge in [0.15, 0.2) is 0 Å². The predicted octanol–water partition coefficient (Wildman–Crippen LogP) is 4.47. The van der Waals surface area contributed by atoms with Crippen LogP contribution in [-0.2, 0) is 4.79 Å². The van der Waals surface area contributed by atoms with Gasteiger partial charge in [-0.1, -0.05) is 39.0 Å². The van der Waals surface area contributed by atoms with Gasteiger partial charge in [0, 0.05) is 38.3 Å². The molecular formula is C22H34N2O. The number of hydrogen-bond acceptors (Lipinski definition) is 3. The van der Waals surface area contributed by atoms with E-state index in [1.165, 1.54) is 31.4 Å². The van der Waals surface area contributed by atoms with E-state index in [1.807, 2.05) is 6.92 Å². The number of hydrogen-bond donors (Lipinski definition) is 0. The molecule has 0 N–H and O–H groups in total. The molecule has 3 heteroatoms. The first-order valence-electron chi connectivity index (χ1n) is 10.1. The highest BCUT2D eigenvalue weighted by Crippen LogP contribution is 2.44. The van der Waals surface area contributed by atoms with Crippen LogP contribution in [0.3, 0.4) is 0 Å². The zero-order valence-corrected chi connectivity index (χ0v) is 16.3. The Balaban J connectivity index is 1.65. The Labute approximate surface area is 153 Å². The molecule has 2 fully saturated rings. The van der Waals surface area contributed by atoms with Crippen molar-refractivity contribution in [2.45, 2.75) is 58.8 Å². The van der Waals surface area contributed by atoms with Gasteiger partial charge < -0.3 is 4.90 Å². The Morgan fingerprint density at radius 2 is 1.72 bits per heavy atom. The van der Waals surface area contributed by atoms with Crippen LogP contribution in [0.25, 0.3) is 0 Å². The van der Waals surface area contributed by atoms with Crippen LogP contribution in [0, 0.1) is 5.41 Å². The van der Waals surface area contributed by atoms with Gasteiger partial charge in [-0.15, -0.1) is 0 Å². The van der Waals surface area contributed by atoms with E-state index < -0.39 is 0 Å². The van der Waals surface area contributed by atoms with Crippen molar-refractivity contribution >= 4 is 11.5 Å². The summed E-state index contributed by atoms with van der Waals surface area (Å²) in [5.74, 6) is 1.07. The Morgan fingerprint density at radius 3 is 2.36 bits per heavy atom. The van der Waals surface area contributed by atoms with Gasteiger partial charge in [0.2, 0.25) is 0 Å². The van der Waals surface area contributed by atoms with Gasteiger partial charge in [0.1, 0.15) is 5.78 Å². The van der Waals surface area contributed by atoms with Gasteiger partial charge in [-0.25, -0.2) is 0 Å². The van der Waals surface area contributed by atoms with Gasteiger partial charge in [-0.3, -0.25) is 9.69 Å². The van der Waals surface area contributed by atoms with Crippen LogP contribution in [0.15, 0.2) is 24.3 Å². The summed E-state index contributed by atoms with van der Waals surface area (Å²) < 4.78 is 0. The molecule has 3 nitrogen and oxygen atoms in total. The van der Waals surface area contributed by atoms with Gasteiger partial charge in [-0.05, 0) is 48.6 Å². The minimum absolute atomic E-state index is 0.360. The second kappa shape index (κ2) is 7.90. The Kier molecular flexibility index (Phi) is 5.83. The van der Waals surface area contributed by atoms with Crippen LogP contribution >= 0.6 is 0 Å². The predicted molar refractivity (Wildman–Crippen MR) is 105 cm³/mol. The first-order chi connectivity index (χ1) is 12.0. The number of anilines is 1. The van der Waals surface area contributed by atoms with Crippen LogP contribution in [0.4, 0.5) is 5.69 Å². The van der Waals surface area contributed by atoms with Crippen molar-refractivity contribution in [2.75, 3.05) is 37.6 Å². The van der Waals surface area contributed by atoms with Gasteiger partial charge in [-0.2, -0.15) is 0 Å². The summed E-state index contributed by atoms with van der Waals surface area (Å²) in [6, 6.07) is 9.04. The average molecular weight is 343 g/mol. The number of benzene rings is 1. The van der Waals surface area contributed by atoms with Crippen molar-refractivity contribution in [3.8, 4) is 0 Å². The highest BCUT2D eigenvalue weighted by molar-refractivity contribution is 5.80. The third kappa shape index (κ3) is 4.63. The normalized spacial score (nSPS) is 22.1. The number of piperazine rings is 1. The van der Waals surface area contributed by atoms with Crippen molar-refractivity contribution in [3.05, 3.63) is 29.8 Å². The van der Waals surface area contributed by atoms with E-state index in [4.69, 9.17) is 0 Å². The van der Waals surface area contributed by atoms with Crippen molar-refractivity contribution in [3.63, 3.8) is 0 Å². The fourth-order valence-electron chi connectivity index (χ4n) is 4.34. The fourth-order valence-corrected chi connectivity index (χ4v) is 4.34. The summed E-state index contributed by atoms with van der Waals surface area (Å²) in [6.45, 7) is 11.5. The maximum atomic E-state index is 11.7. The second-order valence-electron chi connectivity index (χ2n) is 8.65. The molecule has 0 amide bonds. The van der Waals surface area contributed by atoms with Crippen molar-refractivity contribution < 1.29 is 4.79 Å². The van der Waals surface area contributed by atoms with Gasteiger partial charge >= 0.3 is 0 Å². The number of Topliss-reactive ketones (excluding diaryl/α,β-unsaturated/α-hetero) is 1. The van der Waals surface area contributed by atoms with E-state index in [0.29, 0.717) is 30.1 Å². The Bertz CT molecular complexity index is 577. The third-order valence-electron chi connectivity index (χ3n) is 6.22. The zero-order valence-electron chi connectivity index (χ0n) is 16.3. The van der Waals surface area contributed by atoms with E-state index in [2.05, 4.69) is 47.9 Å². The number of para-hydroxylation sites is 1. The lowest BCUT2D eigenvalue weighted by molar-refractivity contribution is -0.119. The Morgan fingerprint density at radius 1 is 1.08 bits per heavy atom. The number of nitrogens with zero attached hydrogens (tertiary/aromatic N) is 2. The van der Waals surface area contributed by atoms with Crippen LogP contribution < -0.4 is 4.90 Å². The smallest absolute Gasteiger partial charge is 0.146 e. The van der Waals surface area contributed by atoms with Crippen molar-refractivity contribution in [1.82, 2.24) is 4.90 Å². The molecule has 0 atom stereocenters. The number of carbonyl (C=O) groups excluding carboxylic acids is 1. The summed E-state index contributed by atoms with van der Waals surface area (Å²) >= 11 is 0. The lowest BCUT2D eigenvalue weighted by Crippen LogP contribution is -2.48. The lowest BCUT2D eigenvalue weighted by Gasteiger charge is -2.39. The average Bonchev–Trinajstić information content (AvgIpc) is 2.62. The molecule has 1 aliphatic carbocycles. The van der Waals surface area contributed by atoms with Gasteiger partial charge in [0.05, 0.1) is 6.54 Å². The molecule has 1 saturated carbocycles. The number of rotatable bonds is 5. The molecule has 0 radical (unpaired) electrons. The summed E-state index contributed by atoms with van der Waals surface area (Å²) in [6.07, 6.45) is 5.95.